The zero-order valence-electron chi connectivity index (χ0n) is 14.9. The third-order valence-electron chi connectivity index (χ3n) is 4.75. The van der Waals surface area contributed by atoms with Crippen LogP contribution in [0, 0.1) is 0 Å². The van der Waals surface area contributed by atoms with Gasteiger partial charge in [0.05, 0.1) is 0 Å². The summed E-state index contributed by atoms with van der Waals surface area (Å²) in [6, 6.07) is 13.8. The second kappa shape index (κ2) is 7.01. The molecule has 0 aliphatic carbocycles. The highest BCUT2D eigenvalue weighted by Gasteiger charge is 2.26. The van der Waals surface area contributed by atoms with Crippen molar-refractivity contribution in [1.29, 1.82) is 0 Å². The van der Waals surface area contributed by atoms with Gasteiger partial charge >= 0.3 is 0 Å². The van der Waals surface area contributed by atoms with Crippen LogP contribution in [0.2, 0.25) is 0 Å². The van der Waals surface area contributed by atoms with Gasteiger partial charge in [-0.15, -0.1) is 26.6 Å². The number of benzene rings is 1. The van der Waals surface area contributed by atoms with Gasteiger partial charge in [-0.2, -0.15) is 4.52 Å². The number of amides is 1. The van der Waals surface area contributed by atoms with Gasteiger partial charge < -0.3 is 10.2 Å². The number of anilines is 1. The Kier molecular flexibility index (Phi) is 4.21. The second-order valence-corrected chi connectivity index (χ2v) is 7.49. The van der Waals surface area contributed by atoms with Gasteiger partial charge in [-0.05, 0) is 18.6 Å². The summed E-state index contributed by atoms with van der Waals surface area (Å²) in [7, 11) is 0. The van der Waals surface area contributed by atoms with Crippen molar-refractivity contribution < 1.29 is 4.79 Å². The van der Waals surface area contributed by atoms with Crippen molar-refractivity contribution >= 4 is 28.7 Å². The van der Waals surface area contributed by atoms with E-state index in [1.165, 1.54) is 11.3 Å². The summed E-state index contributed by atoms with van der Waals surface area (Å²) < 4.78 is 1.65. The van der Waals surface area contributed by atoms with Gasteiger partial charge in [-0.25, -0.2) is 4.98 Å². The number of carbonyl (C=O) groups is 1. The lowest BCUT2D eigenvalue weighted by atomic mass is 10.2. The zero-order chi connectivity index (χ0) is 18.9. The molecule has 1 atom stereocenters. The minimum atomic E-state index is -0.132. The fourth-order valence-corrected chi connectivity index (χ4v) is 4.13. The first-order valence-corrected chi connectivity index (χ1v) is 9.88. The molecule has 1 aliphatic heterocycles. The van der Waals surface area contributed by atoms with Crippen LogP contribution in [0.4, 0.5) is 5.82 Å². The molecular weight excluding hydrogens is 374 g/mol. The minimum Gasteiger partial charge on any atom is -0.353 e. The molecule has 1 aliphatic rings. The third kappa shape index (κ3) is 3.20. The van der Waals surface area contributed by atoms with E-state index in [0.717, 1.165) is 29.4 Å². The van der Waals surface area contributed by atoms with E-state index in [-0.39, 0.29) is 11.9 Å². The molecule has 3 aromatic heterocycles. The molecule has 1 amide bonds. The third-order valence-corrected chi connectivity index (χ3v) is 5.64. The van der Waals surface area contributed by atoms with Gasteiger partial charge in [0.2, 0.25) is 0 Å². The molecule has 1 unspecified atom stereocenters. The van der Waals surface area contributed by atoms with E-state index >= 15 is 0 Å². The summed E-state index contributed by atoms with van der Waals surface area (Å²) in [5.41, 5.74) is 2.20. The molecule has 9 heteroatoms. The lowest BCUT2D eigenvalue weighted by Gasteiger charge is -2.17. The fraction of sp³-hybridized carbons (Fsp3) is 0.211. The van der Waals surface area contributed by atoms with Crippen LogP contribution >= 0.6 is 11.3 Å². The average Bonchev–Trinajstić information content (AvgIpc) is 3.48. The second-order valence-electron chi connectivity index (χ2n) is 6.63. The molecule has 1 N–H and O–H groups in total. The van der Waals surface area contributed by atoms with E-state index in [1.54, 1.807) is 10.8 Å². The number of carbonyl (C=O) groups excluding carboxylic acids is 1. The van der Waals surface area contributed by atoms with Crippen molar-refractivity contribution in [2.45, 2.75) is 12.5 Å². The first-order valence-electron chi connectivity index (χ1n) is 9.00. The fourth-order valence-electron chi connectivity index (χ4n) is 3.32. The maximum absolute atomic E-state index is 12.6. The number of nitrogens with one attached hydrogen (secondary N) is 1. The van der Waals surface area contributed by atoms with Crippen LogP contribution in [-0.2, 0) is 0 Å². The normalized spacial score (nSPS) is 16.6. The Bertz CT molecular complexity index is 1120. The first kappa shape index (κ1) is 16.8. The quantitative estimate of drug-likeness (QED) is 0.574. The highest BCUT2D eigenvalue weighted by atomic mass is 32.1. The number of hydrogen-bond acceptors (Lipinski definition) is 7. The largest absolute Gasteiger partial charge is 0.353 e. The Hall–Kier alpha value is -3.33. The summed E-state index contributed by atoms with van der Waals surface area (Å²) in [6.07, 6.45) is 2.45. The Morgan fingerprint density at radius 3 is 2.96 bits per heavy atom. The molecule has 0 bridgehead atoms. The van der Waals surface area contributed by atoms with Crippen LogP contribution in [0.3, 0.4) is 0 Å². The van der Waals surface area contributed by atoms with Crippen LogP contribution in [-0.4, -0.2) is 49.8 Å². The van der Waals surface area contributed by atoms with Crippen LogP contribution in [0.1, 0.15) is 16.9 Å². The van der Waals surface area contributed by atoms with Crippen LogP contribution in [0.25, 0.3) is 16.2 Å². The number of nitrogens with zero attached hydrogens (tertiary/aromatic N) is 6. The van der Waals surface area contributed by atoms with Gasteiger partial charge in [0, 0.05) is 30.1 Å². The van der Waals surface area contributed by atoms with E-state index in [2.05, 4.69) is 30.5 Å². The Labute approximate surface area is 164 Å². The molecule has 1 fully saturated rings. The Morgan fingerprint density at radius 2 is 2.07 bits per heavy atom. The molecule has 8 nitrogen and oxygen atoms in total. The van der Waals surface area contributed by atoms with E-state index in [1.807, 2.05) is 47.8 Å². The number of fused-ring (bicyclic) bond motifs is 1. The standard InChI is InChI=1S/C19H17N7OS/c27-18(15-11-28-19(22-15)13-4-2-1-3-5-13)21-14-8-9-25(10-14)17-7-6-16-23-20-12-26(16)24-17/h1-7,11-12,14H,8-10H2,(H,21,27). The lowest BCUT2D eigenvalue weighted by Crippen LogP contribution is -2.37. The minimum absolute atomic E-state index is 0.0628. The van der Waals surface area contributed by atoms with Gasteiger partial charge in [-0.1, -0.05) is 30.3 Å². The molecule has 0 radical (unpaired) electrons. The summed E-state index contributed by atoms with van der Waals surface area (Å²) in [5, 5.41) is 18.1. The highest BCUT2D eigenvalue weighted by molar-refractivity contribution is 7.13. The number of rotatable bonds is 4. The van der Waals surface area contributed by atoms with E-state index in [0.29, 0.717) is 17.9 Å². The van der Waals surface area contributed by atoms with Crippen molar-refractivity contribution in [3.8, 4) is 10.6 Å². The summed E-state index contributed by atoms with van der Waals surface area (Å²) in [5.74, 6) is 0.719. The van der Waals surface area contributed by atoms with Crippen LogP contribution < -0.4 is 10.2 Å². The molecule has 28 heavy (non-hydrogen) atoms. The molecule has 1 aromatic carbocycles. The smallest absolute Gasteiger partial charge is 0.271 e. The van der Waals surface area contributed by atoms with E-state index in [4.69, 9.17) is 0 Å². The van der Waals surface area contributed by atoms with Gasteiger partial charge in [0.25, 0.3) is 5.91 Å². The van der Waals surface area contributed by atoms with Crippen molar-refractivity contribution in [2.75, 3.05) is 18.0 Å². The predicted molar refractivity (Wildman–Crippen MR) is 106 cm³/mol. The van der Waals surface area contributed by atoms with Crippen molar-refractivity contribution in [3.05, 3.63) is 59.9 Å². The van der Waals surface area contributed by atoms with Gasteiger partial charge in [-0.3, -0.25) is 4.79 Å². The molecule has 1 saturated heterocycles. The van der Waals surface area contributed by atoms with Gasteiger partial charge in [0.15, 0.2) is 5.65 Å². The van der Waals surface area contributed by atoms with E-state index in [9.17, 15) is 4.79 Å². The zero-order valence-corrected chi connectivity index (χ0v) is 15.7. The monoisotopic (exact) mass is 391 g/mol. The molecule has 0 saturated carbocycles. The summed E-state index contributed by atoms with van der Waals surface area (Å²) in [4.78, 5) is 19.3. The molecule has 5 rings (SSSR count). The maximum atomic E-state index is 12.6. The topological polar surface area (TPSA) is 88.3 Å². The predicted octanol–water partition coefficient (Wildman–Crippen LogP) is 2.26. The number of aromatic nitrogens is 5. The Balaban J connectivity index is 1.24. The highest BCUT2D eigenvalue weighted by Crippen LogP contribution is 2.24. The molecule has 0 spiro atoms. The summed E-state index contributed by atoms with van der Waals surface area (Å²) in [6.45, 7) is 1.54. The molecular formula is C19H17N7OS. The molecule has 4 heterocycles. The summed E-state index contributed by atoms with van der Waals surface area (Å²) >= 11 is 1.48. The van der Waals surface area contributed by atoms with Crippen LogP contribution in [0.15, 0.2) is 54.2 Å². The lowest BCUT2D eigenvalue weighted by molar-refractivity contribution is 0.0936. The number of thiazole rings is 1. The first-order chi connectivity index (χ1) is 13.8. The van der Waals surface area contributed by atoms with Crippen LogP contribution in [0.5, 0.6) is 0 Å². The van der Waals surface area contributed by atoms with Crippen molar-refractivity contribution in [3.63, 3.8) is 0 Å². The average molecular weight is 391 g/mol. The molecule has 140 valence electrons. The maximum Gasteiger partial charge on any atom is 0.271 e. The SMILES string of the molecule is O=C(NC1CCN(c2ccc3nncn3n2)C1)c1csc(-c2ccccc2)n1. The Morgan fingerprint density at radius 1 is 1.18 bits per heavy atom. The van der Waals surface area contributed by atoms with Gasteiger partial charge in [0.1, 0.15) is 22.8 Å². The number of hydrogen-bond donors (Lipinski definition) is 1. The van der Waals surface area contributed by atoms with E-state index < -0.39 is 0 Å². The van der Waals surface area contributed by atoms with Crippen molar-refractivity contribution in [1.82, 2.24) is 30.1 Å². The molecule has 4 aromatic rings. The van der Waals surface area contributed by atoms with Crippen molar-refractivity contribution in [2.24, 2.45) is 0 Å².